The van der Waals surface area contributed by atoms with Crippen LogP contribution in [-0.4, -0.2) is 23.9 Å². The fourth-order valence-corrected chi connectivity index (χ4v) is 14.1. The number of hydrogen-bond acceptors (Lipinski definition) is 5. The van der Waals surface area contributed by atoms with E-state index in [4.69, 9.17) is 4.74 Å². The van der Waals surface area contributed by atoms with Gasteiger partial charge in [-0.15, -0.1) is 4.91 Å². The highest BCUT2D eigenvalue weighted by Crippen LogP contribution is 2.78. The van der Waals surface area contributed by atoms with Gasteiger partial charge in [0.05, 0.1) is 6.42 Å². The van der Waals surface area contributed by atoms with E-state index < -0.39 is 23.0 Å². The molecule has 9 heteroatoms. The van der Waals surface area contributed by atoms with Crippen molar-refractivity contribution in [2.45, 2.75) is 165 Å². The Morgan fingerprint density at radius 2 is 1.57 bits per heavy atom. The van der Waals surface area contributed by atoms with Gasteiger partial charge >= 0.3 is 5.97 Å². The van der Waals surface area contributed by atoms with E-state index in [-0.39, 0.29) is 64.4 Å². The van der Waals surface area contributed by atoms with Gasteiger partial charge in [-0.1, -0.05) is 80.5 Å². The highest BCUT2D eigenvalue weighted by atomic mass is 19.2. The molecular formula is C47H70F2N2O5. The summed E-state index contributed by atoms with van der Waals surface area (Å²) < 4.78 is 33.7. The second-order valence-corrected chi connectivity index (χ2v) is 20.6. The van der Waals surface area contributed by atoms with Crippen LogP contribution in [-0.2, 0) is 25.7 Å². The molecule has 7 nitrogen and oxygen atoms in total. The maximum absolute atomic E-state index is 13.9. The molecule has 0 heterocycles. The van der Waals surface area contributed by atoms with Crippen LogP contribution in [0.4, 0.5) is 8.78 Å². The van der Waals surface area contributed by atoms with E-state index >= 15 is 0 Å². The lowest BCUT2D eigenvalue weighted by molar-refractivity contribution is -0.250. The lowest BCUT2D eigenvalue weighted by Gasteiger charge is -2.73. The zero-order chi connectivity index (χ0) is 41.6. The quantitative estimate of drug-likeness (QED) is 0.145. The molecule has 0 aromatic heterocycles. The molecule has 1 N–H and O–H groups in total. The van der Waals surface area contributed by atoms with Gasteiger partial charge < -0.3 is 10.1 Å². The van der Waals surface area contributed by atoms with Crippen molar-refractivity contribution in [2.24, 2.45) is 67.3 Å². The molecule has 56 heavy (non-hydrogen) atoms. The van der Waals surface area contributed by atoms with Gasteiger partial charge in [0, 0.05) is 30.0 Å². The number of carbonyl (C=O) groups is 3. The second-order valence-electron chi connectivity index (χ2n) is 20.6. The molecule has 0 aliphatic heterocycles. The van der Waals surface area contributed by atoms with Crippen LogP contribution < -0.4 is 5.32 Å². The number of ether oxygens (including phenoxy) is 1. The Balaban J connectivity index is 0.00000295. The maximum atomic E-state index is 13.9. The second kappa shape index (κ2) is 16.0. The van der Waals surface area contributed by atoms with Crippen LogP contribution in [0.1, 0.15) is 158 Å². The molecule has 0 spiro atoms. The summed E-state index contributed by atoms with van der Waals surface area (Å²) in [7, 11) is 0. The molecule has 5 fully saturated rings. The van der Waals surface area contributed by atoms with E-state index in [0.29, 0.717) is 41.6 Å². The summed E-state index contributed by atoms with van der Waals surface area (Å²) in [5.74, 6) is -0.728. The van der Waals surface area contributed by atoms with Crippen molar-refractivity contribution in [3.8, 4) is 0 Å². The molecule has 0 saturated heterocycles. The largest absolute Gasteiger partial charge is 0.462 e. The summed E-state index contributed by atoms with van der Waals surface area (Å²) in [4.78, 5) is 49.4. The number of nitroso groups, excluding NO2 is 1. The fourth-order valence-electron chi connectivity index (χ4n) is 14.1. The number of rotatable bonds is 10. The van der Waals surface area contributed by atoms with Crippen LogP contribution in [0.25, 0.3) is 0 Å². The van der Waals surface area contributed by atoms with Crippen LogP contribution in [0.5, 0.6) is 0 Å². The van der Waals surface area contributed by atoms with E-state index in [2.05, 4.69) is 58.6 Å². The molecule has 0 radical (unpaired) electrons. The van der Waals surface area contributed by atoms with Gasteiger partial charge in [0.1, 0.15) is 6.10 Å². The zero-order valence-corrected chi connectivity index (χ0v) is 36.0. The Labute approximate surface area is 335 Å². The van der Waals surface area contributed by atoms with Crippen LogP contribution in [0.2, 0.25) is 0 Å². The average molecular weight is 781 g/mol. The first-order valence-corrected chi connectivity index (χ1v) is 21.5. The topological polar surface area (TPSA) is 102 Å². The molecule has 1 aromatic carbocycles. The first kappa shape index (κ1) is 44.1. The molecular weight excluding hydrogens is 711 g/mol. The number of amides is 2. The van der Waals surface area contributed by atoms with Crippen molar-refractivity contribution >= 4 is 17.8 Å². The van der Waals surface area contributed by atoms with Crippen molar-refractivity contribution in [3.63, 3.8) is 0 Å². The third-order valence-corrected chi connectivity index (χ3v) is 16.8. The summed E-state index contributed by atoms with van der Waals surface area (Å²) >= 11 is 0. The Morgan fingerprint density at radius 3 is 2.21 bits per heavy atom. The molecule has 5 aliphatic carbocycles. The van der Waals surface area contributed by atoms with Crippen molar-refractivity contribution in [2.75, 3.05) is 0 Å². The van der Waals surface area contributed by atoms with Gasteiger partial charge in [-0.3, -0.25) is 14.4 Å². The number of nitrogens with one attached hydrogen (secondary N) is 1. The number of hydrogen-bond donors (Lipinski definition) is 1. The van der Waals surface area contributed by atoms with Crippen molar-refractivity contribution < 1.29 is 27.9 Å². The molecule has 5 saturated carbocycles. The third-order valence-electron chi connectivity index (χ3n) is 16.8. The van der Waals surface area contributed by atoms with Crippen molar-refractivity contribution in [1.29, 1.82) is 0 Å². The summed E-state index contributed by atoms with van der Waals surface area (Å²) in [5.41, 5.74) is 1.05. The van der Waals surface area contributed by atoms with E-state index in [1.54, 1.807) is 13.8 Å². The third kappa shape index (κ3) is 7.67. The minimum absolute atomic E-state index is 0.0154. The Bertz CT molecular complexity index is 1690. The number of halogens is 2. The zero-order valence-electron chi connectivity index (χ0n) is 36.0. The molecule has 10 atom stereocenters. The SMILES string of the molecule is C=C(C)[C@@H]1CC[C@]2(CC(=O)NCc3ccc(F)c(F)c3)CC[C@]3(C)[C@H](CCC4[C@@]5(C)CC[C@H](OC(=O)CC(C)(C)CC(=O)N=O)C(C)(C)C5CC[C@]43C)C12.CC. The number of carbonyl (C=O) groups excluding carboxylic acids is 3. The lowest BCUT2D eigenvalue weighted by atomic mass is 9.32. The maximum Gasteiger partial charge on any atom is 0.306 e. The van der Waals surface area contributed by atoms with E-state index in [0.717, 1.165) is 76.3 Å². The molecule has 3 unspecified atom stereocenters. The van der Waals surface area contributed by atoms with E-state index in [9.17, 15) is 28.1 Å². The number of allylic oxidation sites excluding steroid dienone is 1. The van der Waals surface area contributed by atoms with Gasteiger partial charge in [0.2, 0.25) is 5.91 Å². The summed E-state index contributed by atoms with van der Waals surface area (Å²) in [5, 5.41) is 5.57. The Kier molecular flexibility index (Phi) is 12.6. The number of nitrogens with zero attached hydrogens (tertiary/aromatic N) is 1. The highest BCUT2D eigenvalue weighted by Gasteiger charge is 2.71. The number of fused-ring (bicyclic) bond motifs is 7. The average Bonchev–Trinajstić information content (AvgIpc) is 3.50. The van der Waals surface area contributed by atoms with Crippen LogP contribution in [0.3, 0.4) is 0 Å². The molecule has 2 amide bonds. The van der Waals surface area contributed by atoms with Gasteiger partial charge in [0.25, 0.3) is 5.91 Å². The fraction of sp³-hybridized carbons (Fsp3) is 0.766. The van der Waals surface area contributed by atoms with Gasteiger partial charge in [-0.2, -0.15) is 0 Å². The van der Waals surface area contributed by atoms with Gasteiger partial charge in [-0.25, -0.2) is 8.78 Å². The van der Waals surface area contributed by atoms with Crippen LogP contribution in [0, 0.1) is 78.6 Å². The molecule has 0 bridgehead atoms. The Hall–Kier alpha value is -2.97. The minimum Gasteiger partial charge on any atom is -0.462 e. The summed E-state index contributed by atoms with van der Waals surface area (Å²) in [6, 6.07) is 3.79. The molecule has 5 aliphatic rings. The van der Waals surface area contributed by atoms with Crippen LogP contribution >= 0.6 is 0 Å². The number of esters is 1. The predicted molar refractivity (Wildman–Crippen MR) is 217 cm³/mol. The standard InChI is InChI=1S/C45H64F2N2O5.C2H6/c1-27(2)29-14-19-45(24-36(50)48-26-28-10-12-31(46)32(47)22-28)21-20-43(8)30(39(29)45)11-13-34-42(7)17-16-35(41(5,6)33(42)15-18-44(34,43)9)54-38(52)25-40(3,4)23-37(51)49-53;1-2/h10,12,22,29-30,33-35,39H,1,11,13-21,23-26H2,2-9H3,(H,48,50);1-2H3/t29-,30+,33?,34?,35-,39?,42-,43+,44+,45+;/m0./s1. The first-order valence-electron chi connectivity index (χ1n) is 21.5. The van der Waals surface area contributed by atoms with Gasteiger partial charge in [0.15, 0.2) is 11.6 Å². The normalized spacial score (nSPS) is 36.9. The van der Waals surface area contributed by atoms with Gasteiger partial charge in [-0.05, 0) is 145 Å². The smallest absolute Gasteiger partial charge is 0.306 e. The molecule has 6 rings (SSSR count). The van der Waals surface area contributed by atoms with Crippen LogP contribution in [0.15, 0.2) is 35.5 Å². The highest BCUT2D eigenvalue weighted by molar-refractivity contribution is 5.79. The monoisotopic (exact) mass is 781 g/mol. The first-order chi connectivity index (χ1) is 26.1. The van der Waals surface area contributed by atoms with E-state index in [1.165, 1.54) is 11.6 Å². The summed E-state index contributed by atoms with van der Waals surface area (Å²) in [6.45, 7) is 26.7. The number of benzene rings is 1. The van der Waals surface area contributed by atoms with E-state index in [1.807, 2.05) is 13.8 Å². The summed E-state index contributed by atoms with van der Waals surface area (Å²) in [6.07, 6.45) is 10.6. The van der Waals surface area contributed by atoms with Crippen molar-refractivity contribution in [1.82, 2.24) is 5.32 Å². The van der Waals surface area contributed by atoms with Crippen molar-refractivity contribution in [3.05, 3.63) is 52.5 Å². The Morgan fingerprint density at radius 1 is 0.875 bits per heavy atom. The lowest BCUT2D eigenvalue weighted by Crippen LogP contribution is -2.67. The minimum atomic E-state index is -0.903. The molecule has 312 valence electrons. The molecule has 1 aromatic rings. The predicted octanol–water partition coefficient (Wildman–Crippen LogP) is 11.7.